The van der Waals surface area contributed by atoms with Crippen LogP contribution in [0.15, 0.2) is 564 Å². The summed E-state index contributed by atoms with van der Waals surface area (Å²) in [5.41, 5.74) is 45.3. The van der Waals surface area contributed by atoms with E-state index >= 15 is 0 Å². The van der Waals surface area contributed by atoms with Crippen LogP contribution in [0.25, 0.3) is 137 Å². The molecule has 4 heterocycles. The van der Waals surface area contributed by atoms with Crippen LogP contribution in [0.3, 0.4) is 0 Å². The number of hydrogen-bond acceptors (Lipinski definition) is 5. The molecular weight excluding hydrogens is 1780 g/mol. The summed E-state index contributed by atoms with van der Waals surface area (Å²) in [6.45, 7) is 0. The fourth-order valence-electron chi connectivity index (χ4n) is 24.5. The highest BCUT2D eigenvalue weighted by Gasteiger charge is 2.55. The molecule has 0 fully saturated rings. The SMILES string of the molecule is c1ccc(-c2ccc(-c3ccccc3N(c3ccc(-c4ccc5c(c4)sc4ccccc45)cc3)c3cccc4c3-c3ccccc3C43c4ccccc4N(c4ccccc4)c4ccccc43)cc2)cc1.c1ccc(-c2ccc(-c3ccccc3N(c3ccc(-c4cccc(-n5c6ccccc6c6ccccc65)c4)cc3)c3cccc4c3-c3ccccc3C43c4ccccc4N(c4ccccc4)c4ccccc43)cc2)cc1. The molecule has 0 saturated heterocycles. The van der Waals surface area contributed by atoms with Crippen LogP contribution in [0.5, 0.6) is 0 Å². The maximum absolute atomic E-state index is 2.52. The van der Waals surface area contributed by atoms with Crippen molar-refractivity contribution in [3.8, 4) is 94.7 Å². The number of aromatic nitrogens is 1. The standard InChI is InChI=1S/C73H49N3.C67H44N2S/c1-3-21-50(22-4-1)51-41-43-53(44-42-51)58-27-8-14-35-66(58)74(56-47-45-52(46-48-56)54-23-19-26-57(49-54)76-67-36-15-9-28-59(67)60-29-10-16-37-68(60)76)71-40-20-34-65-72(71)61-30-7-11-31-62(61)73(65)63-32-12-17-38-69(63)75(55-24-5-2-6-25-55)70-39-18-13-33-64(70)73;1-3-18-45(19-4-1)46-34-36-48(37-35-46)52-22-8-13-29-60(52)68(51-41-38-47(39-42-51)49-40-43-54-53-23-9-16-33-64(53)70-65(54)44-49)63-32-17-28-59-66(63)55-24-7-10-25-56(55)67(59)57-26-11-14-30-61(57)69(50-20-5-2-6-21-50)62-31-15-12-27-58(62)67/h1-49H;1-44H. The van der Waals surface area contributed by atoms with Crippen LogP contribution in [-0.2, 0) is 10.8 Å². The first-order chi connectivity index (χ1) is 72.5. The van der Waals surface area contributed by atoms with Crippen molar-refractivity contribution in [1.82, 2.24) is 4.57 Å². The third kappa shape index (κ3) is 13.6. The number of hydrogen-bond donors (Lipinski definition) is 0. The number of para-hydroxylation sites is 10. The maximum Gasteiger partial charge on any atom is 0.0755 e. The van der Waals surface area contributed by atoms with E-state index in [1.807, 2.05) is 11.3 Å². The van der Waals surface area contributed by atoms with Crippen molar-refractivity contribution in [1.29, 1.82) is 0 Å². The molecule has 2 aliphatic carbocycles. The van der Waals surface area contributed by atoms with Crippen LogP contribution < -0.4 is 19.6 Å². The summed E-state index contributed by atoms with van der Waals surface area (Å²) in [5, 5.41) is 5.15. The number of fused-ring (bicyclic) bond motifs is 24. The van der Waals surface area contributed by atoms with Crippen molar-refractivity contribution in [2.45, 2.75) is 10.8 Å². The lowest BCUT2D eigenvalue weighted by atomic mass is 9.64. The van der Waals surface area contributed by atoms with E-state index in [-0.39, 0.29) is 0 Å². The molecule has 23 aromatic carbocycles. The van der Waals surface area contributed by atoms with Crippen LogP contribution in [0.1, 0.15) is 44.5 Å². The molecule has 2 aromatic heterocycles. The zero-order valence-electron chi connectivity index (χ0n) is 79.8. The predicted octanol–water partition coefficient (Wildman–Crippen LogP) is 38.1. The summed E-state index contributed by atoms with van der Waals surface area (Å²) in [5.74, 6) is 0. The molecule has 2 spiro atoms. The highest BCUT2D eigenvalue weighted by atomic mass is 32.1. The number of thiophene rings is 1. The molecule has 25 aromatic rings. The van der Waals surface area contributed by atoms with Crippen LogP contribution in [-0.4, -0.2) is 4.57 Å². The van der Waals surface area contributed by atoms with Gasteiger partial charge >= 0.3 is 0 Å². The molecule has 5 nitrogen and oxygen atoms in total. The average molecular weight is 1880 g/mol. The van der Waals surface area contributed by atoms with Crippen LogP contribution >= 0.6 is 11.3 Å². The van der Waals surface area contributed by atoms with Gasteiger partial charge in [-0.25, -0.2) is 0 Å². The van der Waals surface area contributed by atoms with Crippen molar-refractivity contribution in [2.24, 2.45) is 0 Å². The van der Waals surface area contributed by atoms with E-state index in [2.05, 4.69) is 588 Å². The molecule has 2 aliphatic heterocycles. The Balaban J connectivity index is 0.000000142. The van der Waals surface area contributed by atoms with Gasteiger partial charge in [-0.1, -0.05) is 431 Å². The Labute approximate surface area is 853 Å². The number of benzene rings is 23. The largest absolute Gasteiger partial charge is 0.310 e. The highest BCUT2D eigenvalue weighted by molar-refractivity contribution is 7.25. The predicted molar refractivity (Wildman–Crippen MR) is 613 cm³/mol. The number of rotatable bonds is 15. The highest BCUT2D eigenvalue weighted by Crippen LogP contribution is 2.68. The van der Waals surface area contributed by atoms with Crippen molar-refractivity contribution in [2.75, 3.05) is 19.6 Å². The number of nitrogens with zero attached hydrogens (tertiary/aromatic N) is 5. The summed E-state index contributed by atoms with van der Waals surface area (Å²) in [7, 11) is 0. The first-order valence-electron chi connectivity index (χ1n) is 50.3. The average Bonchev–Trinajstić information content (AvgIpc) is 1.50. The minimum absolute atomic E-state index is 0.589. The molecule has 6 heteroatoms. The molecular formula is C140H93N5S. The monoisotopic (exact) mass is 1880 g/mol. The van der Waals surface area contributed by atoms with E-state index in [9.17, 15) is 0 Å². The molecule has 4 aliphatic rings. The minimum Gasteiger partial charge on any atom is -0.310 e. The molecule has 0 bridgehead atoms. The Hall–Kier alpha value is -18.7. The fraction of sp³-hybridized carbons (Fsp3) is 0.0143. The van der Waals surface area contributed by atoms with Gasteiger partial charge in [0, 0.05) is 81.6 Å². The third-order valence-corrected chi connectivity index (χ3v) is 31.8. The summed E-state index contributed by atoms with van der Waals surface area (Å²) in [4.78, 5) is 9.94. The van der Waals surface area contributed by atoms with E-state index in [4.69, 9.17) is 0 Å². The van der Waals surface area contributed by atoms with Crippen molar-refractivity contribution in [3.63, 3.8) is 0 Å². The zero-order chi connectivity index (χ0) is 96.3. The molecule has 146 heavy (non-hydrogen) atoms. The Bertz CT molecular complexity index is 9230. The van der Waals surface area contributed by atoms with Gasteiger partial charge < -0.3 is 24.2 Å². The summed E-state index contributed by atoms with van der Waals surface area (Å²) < 4.78 is 5.03. The quantitative estimate of drug-likeness (QED) is 0.102. The van der Waals surface area contributed by atoms with Crippen molar-refractivity contribution in [3.05, 3.63) is 609 Å². The summed E-state index contributed by atoms with van der Waals surface area (Å²) in [6.07, 6.45) is 0. The van der Waals surface area contributed by atoms with Gasteiger partial charge in [-0.2, -0.15) is 0 Å². The lowest BCUT2D eigenvalue weighted by molar-refractivity contribution is 0.752. The third-order valence-electron chi connectivity index (χ3n) is 30.7. The van der Waals surface area contributed by atoms with Gasteiger partial charge in [0.1, 0.15) is 0 Å². The zero-order valence-corrected chi connectivity index (χ0v) is 80.7. The van der Waals surface area contributed by atoms with E-state index in [0.29, 0.717) is 0 Å². The minimum atomic E-state index is -0.607. The van der Waals surface area contributed by atoms with E-state index in [0.717, 1.165) is 84.6 Å². The summed E-state index contributed by atoms with van der Waals surface area (Å²) in [6, 6.07) is 208. The van der Waals surface area contributed by atoms with E-state index < -0.39 is 10.8 Å². The number of anilines is 12. The van der Waals surface area contributed by atoms with Gasteiger partial charge in [-0.05, 0) is 245 Å². The maximum atomic E-state index is 2.52. The fourth-order valence-corrected chi connectivity index (χ4v) is 25.6. The Morgan fingerprint density at radius 2 is 0.459 bits per heavy atom. The van der Waals surface area contributed by atoms with Crippen LogP contribution in [0.2, 0.25) is 0 Å². The normalized spacial score (nSPS) is 12.9. The van der Waals surface area contributed by atoms with Gasteiger partial charge in [0.15, 0.2) is 0 Å². The van der Waals surface area contributed by atoms with Gasteiger partial charge in [-0.15, -0.1) is 11.3 Å². The van der Waals surface area contributed by atoms with Crippen LogP contribution in [0.4, 0.5) is 68.2 Å². The van der Waals surface area contributed by atoms with E-state index in [1.54, 1.807) is 0 Å². The lowest BCUT2D eigenvalue weighted by Crippen LogP contribution is -2.36. The Morgan fingerprint density at radius 1 is 0.171 bits per heavy atom. The molecule has 0 saturated carbocycles. The van der Waals surface area contributed by atoms with Gasteiger partial charge in [0.05, 0.1) is 67.4 Å². The second-order valence-electron chi connectivity index (χ2n) is 38.3. The molecule has 0 N–H and O–H groups in total. The summed E-state index contributed by atoms with van der Waals surface area (Å²) >= 11 is 1.87. The molecule has 0 radical (unpaired) electrons. The molecule has 684 valence electrons. The van der Waals surface area contributed by atoms with Gasteiger partial charge in [0.25, 0.3) is 0 Å². The van der Waals surface area contributed by atoms with Crippen molar-refractivity contribution < 1.29 is 0 Å². The molecule has 0 atom stereocenters. The molecule has 0 amide bonds. The first-order valence-corrected chi connectivity index (χ1v) is 51.2. The van der Waals surface area contributed by atoms with Crippen molar-refractivity contribution >= 4 is 122 Å². The smallest absolute Gasteiger partial charge is 0.0755 e. The first kappa shape index (κ1) is 85.3. The Morgan fingerprint density at radius 3 is 0.904 bits per heavy atom. The Kier molecular flexibility index (Phi) is 20.6. The van der Waals surface area contributed by atoms with Gasteiger partial charge in [-0.3, -0.25) is 0 Å². The van der Waals surface area contributed by atoms with E-state index in [1.165, 1.54) is 165 Å². The van der Waals surface area contributed by atoms with Gasteiger partial charge in [0.2, 0.25) is 0 Å². The molecule has 29 rings (SSSR count). The second-order valence-corrected chi connectivity index (χ2v) is 39.4. The molecule has 0 unspecified atom stereocenters. The second kappa shape index (κ2) is 35.2. The topological polar surface area (TPSA) is 17.9 Å². The lowest BCUT2D eigenvalue weighted by Gasteiger charge is -2.45. The van der Waals surface area contributed by atoms with Crippen LogP contribution in [0, 0.1) is 0 Å².